The molecule has 0 atom stereocenters. The smallest absolute Gasteiger partial charge is 0.304 e. The number of hydroxylamine groups is 1. The Kier molecular flexibility index (Phi) is 4.60. The molecule has 7 nitrogen and oxygen atoms in total. The summed E-state index contributed by atoms with van der Waals surface area (Å²) in [4.78, 5) is 16.2. The van der Waals surface area contributed by atoms with Gasteiger partial charge in [-0.05, 0) is 28.7 Å². The molecule has 2 aromatic carbocycles. The molecular weight excluding hydrogens is 306 g/mol. The lowest BCUT2D eigenvalue weighted by Crippen LogP contribution is -2.38. The highest BCUT2D eigenvalue weighted by molar-refractivity contribution is 7.89. The molecule has 2 rings (SSSR count). The molecule has 0 radical (unpaired) electrons. The van der Waals surface area contributed by atoms with Crippen LogP contribution in [-0.4, -0.2) is 18.9 Å². The quantitative estimate of drug-likeness (QED) is 0.689. The van der Waals surface area contributed by atoms with Crippen molar-refractivity contribution >= 4 is 21.7 Å². The maximum Gasteiger partial charge on any atom is 0.371 e. The number of amides is 2. The van der Waals surface area contributed by atoms with Gasteiger partial charge in [0.2, 0.25) is 0 Å². The number of nitriles is 1. The van der Waals surface area contributed by atoms with Crippen LogP contribution in [0, 0.1) is 11.5 Å². The number of hydrogen-bond acceptors (Lipinski definition) is 5. The van der Waals surface area contributed by atoms with Crippen molar-refractivity contribution in [3.05, 3.63) is 60.7 Å². The number of carbonyl (C=O) groups is 1. The minimum Gasteiger partial charge on any atom is -0.304 e. The Morgan fingerprint density at radius 2 is 1.59 bits per heavy atom. The second-order valence-electron chi connectivity index (χ2n) is 4.02. The van der Waals surface area contributed by atoms with Crippen LogP contribution in [0.15, 0.2) is 65.6 Å². The maximum absolute atomic E-state index is 12.3. The van der Waals surface area contributed by atoms with E-state index in [1.54, 1.807) is 36.4 Å². The molecule has 0 heterocycles. The number of para-hydroxylation sites is 1. The van der Waals surface area contributed by atoms with Gasteiger partial charge in [0, 0.05) is 5.69 Å². The Hall–Kier alpha value is -3.05. The van der Waals surface area contributed by atoms with Gasteiger partial charge in [0.05, 0.1) is 4.90 Å². The predicted molar refractivity (Wildman–Crippen MR) is 77.6 cm³/mol. The van der Waals surface area contributed by atoms with Crippen molar-refractivity contribution < 1.29 is 18.0 Å². The SMILES string of the molecule is N#CON(C(=O)Nc1ccccc1)S(=O)(=O)c1ccccc1. The van der Waals surface area contributed by atoms with Gasteiger partial charge in [-0.25, -0.2) is 4.79 Å². The number of anilines is 1. The van der Waals surface area contributed by atoms with E-state index < -0.39 is 16.1 Å². The molecule has 22 heavy (non-hydrogen) atoms. The molecule has 112 valence electrons. The van der Waals surface area contributed by atoms with Gasteiger partial charge in [0.15, 0.2) is 0 Å². The molecule has 2 aromatic rings. The summed E-state index contributed by atoms with van der Waals surface area (Å²) in [6.45, 7) is 0. The second kappa shape index (κ2) is 6.60. The Bertz CT molecular complexity index is 786. The Morgan fingerprint density at radius 1 is 1.05 bits per heavy atom. The Morgan fingerprint density at radius 3 is 2.14 bits per heavy atom. The average Bonchev–Trinajstić information content (AvgIpc) is 2.54. The molecule has 0 saturated carbocycles. The lowest BCUT2D eigenvalue weighted by atomic mass is 10.3. The summed E-state index contributed by atoms with van der Waals surface area (Å²) in [5.74, 6) is 0. The number of urea groups is 1. The number of nitrogens with zero attached hydrogens (tertiary/aromatic N) is 2. The lowest BCUT2D eigenvalue weighted by Gasteiger charge is -2.17. The third kappa shape index (κ3) is 3.34. The first kappa shape index (κ1) is 15.3. The van der Waals surface area contributed by atoms with Crippen LogP contribution in [0.3, 0.4) is 0 Å². The third-order valence-corrected chi connectivity index (χ3v) is 4.12. The number of hydrogen-bond donors (Lipinski definition) is 1. The van der Waals surface area contributed by atoms with Gasteiger partial charge in [0.25, 0.3) is 10.0 Å². The minimum atomic E-state index is -4.31. The molecule has 1 N–H and O–H groups in total. The van der Waals surface area contributed by atoms with Gasteiger partial charge in [-0.3, -0.25) is 4.84 Å². The van der Waals surface area contributed by atoms with Gasteiger partial charge in [-0.15, -0.1) is 5.26 Å². The van der Waals surface area contributed by atoms with E-state index in [1.165, 1.54) is 30.5 Å². The van der Waals surface area contributed by atoms with E-state index in [0.29, 0.717) is 5.69 Å². The van der Waals surface area contributed by atoms with E-state index in [4.69, 9.17) is 5.26 Å². The van der Waals surface area contributed by atoms with Crippen molar-refractivity contribution in [1.29, 1.82) is 5.26 Å². The molecule has 0 aliphatic rings. The number of benzene rings is 2. The van der Waals surface area contributed by atoms with Crippen molar-refractivity contribution in [2.24, 2.45) is 0 Å². The fraction of sp³-hybridized carbons (Fsp3) is 0. The molecule has 8 heteroatoms. The third-order valence-electron chi connectivity index (χ3n) is 2.57. The maximum atomic E-state index is 12.3. The Balaban J connectivity index is 2.30. The zero-order valence-corrected chi connectivity index (χ0v) is 12.0. The number of sulfonamides is 1. The Labute approximate surface area is 127 Å². The minimum absolute atomic E-state index is 0.00926. The van der Waals surface area contributed by atoms with Crippen molar-refractivity contribution in [1.82, 2.24) is 4.47 Å². The van der Waals surface area contributed by atoms with Crippen molar-refractivity contribution in [3.63, 3.8) is 0 Å². The van der Waals surface area contributed by atoms with E-state index >= 15 is 0 Å². The molecule has 0 fully saturated rings. The van der Waals surface area contributed by atoms with E-state index in [0.717, 1.165) is 0 Å². The van der Waals surface area contributed by atoms with Gasteiger partial charge in [-0.2, -0.15) is 8.42 Å². The van der Waals surface area contributed by atoms with Crippen LogP contribution in [0.5, 0.6) is 0 Å². The zero-order valence-electron chi connectivity index (χ0n) is 11.2. The average molecular weight is 317 g/mol. The highest BCUT2D eigenvalue weighted by Crippen LogP contribution is 2.17. The van der Waals surface area contributed by atoms with E-state index in [1.807, 2.05) is 0 Å². The molecule has 0 aliphatic heterocycles. The summed E-state index contributed by atoms with van der Waals surface area (Å²) in [7, 11) is -4.31. The number of carbonyl (C=O) groups excluding carboxylic acids is 1. The van der Waals surface area contributed by atoms with Gasteiger partial charge in [0.1, 0.15) is 0 Å². The monoisotopic (exact) mass is 317 g/mol. The highest BCUT2D eigenvalue weighted by atomic mass is 32.2. The molecule has 0 spiro atoms. The van der Waals surface area contributed by atoms with Crippen molar-refractivity contribution in [3.8, 4) is 6.26 Å². The van der Waals surface area contributed by atoms with Crippen LogP contribution in [0.1, 0.15) is 0 Å². The van der Waals surface area contributed by atoms with Crippen LogP contribution in [0.2, 0.25) is 0 Å². The van der Waals surface area contributed by atoms with Crippen LogP contribution < -0.4 is 5.32 Å². The second-order valence-corrected chi connectivity index (χ2v) is 5.78. The van der Waals surface area contributed by atoms with Gasteiger partial charge in [-0.1, -0.05) is 36.4 Å². The first-order valence-electron chi connectivity index (χ1n) is 6.08. The molecule has 0 bridgehead atoms. The first-order chi connectivity index (χ1) is 10.6. The van der Waals surface area contributed by atoms with Gasteiger partial charge < -0.3 is 5.32 Å². The summed E-state index contributed by atoms with van der Waals surface area (Å²) < 4.78 is 24.7. The zero-order chi connectivity index (χ0) is 16.0. The molecule has 0 saturated heterocycles. The topological polar surface area (TPSA) is 99.5 Å². The fourth-order valence-electron chi connectivity index (χ4n) is 1.62. The molecule has 0 unspecified atom stereocenters. The number of nitrogens with one attached hydrogen (secondary N) is 1. The van der Waals surface area contributed by atoms with Crippen molar-refractivity contribution in [2.75, 3.05) is 5.32 Å². The molecule has 0 aromatic heterocycles. The summed E-state index contributed by atoms with van der Waals surface area (Å²) in [6.07, 6.45) is 1.20. The number of rotatable bonds is 4. The summed E-state index contributed by atoms with van der Waals surface area (Å²) in [5, 5.41) is 10.9. The van der Waals surface area contributed by atoms with Crippen LogP contribution in [-0.2, 0) is 14.9 Å². The standard InChI is InChI=1S/C14H11N3O4S/c15-11-21-17(14(18)16-12-7-3-1-4-8-12)22(19,20)13-9-5-2-6-10-13/h1-10H,(H,16,18). The van der Waals surface area contributed by atoms with Crippen LogP contribution >= 0.6 is 0 Å². The summed E-state index contributed by atoms with van der Waals surface area (Å²) in [6, 6.07) is 14.3. The fourth-order valence-corrected chi connectivity index (χ4v) is 2.70. The molecular formula is C14H11N3O4S. The van der Waals surface area contributed by atoms with E-state index in [-0.39, 0.29) is 9.36 Å². The highest BCUT2D eigenvalue weighted by Gasteiger charge is 2.32. The molecule has 2 amide bonds. The van der Waals surface area contributed by atoms with Crippen LogP contribution in [0.4, 0.5) is 10.5 Å². The first-order valence-corrected chi connectivity index (χ1v) is 7.52. The van der Waals surface area contributed by atoms with E-state index in [2.05, 4.69) is 10.2 Å². The summed E-state index contributed by atoms with van der Waals surface area (Å²) in [5.41, 5.74) is 0.363. The lowest BCUT2D eigenvalue weighted by molar-refractivity contribution is 0.0419. The predicted octanol–water partition coefficient (Wildman–Crippen LogP) is 2.32. The largest absolute Gasteiger partial charge is 0.371 e. The molecule has 0 aliphatic carbocycles. The van der Waals surface area contributed by atoms with Crippen LogP contribution in [0.25, 0.3) is 0 Å². The van der Waals surface area contributed by atoms with E-state index in [9.17, 15) is 13.2 Å². The van der Waals surface area contributed by atoms with Crippen molar-refractivity contribution in [2.45, 2.75) is 4.90 Å². The van der Waals surface area contributed by atoms with Gasteiger partial charge >= 0.3 is 12.3 Å². The normalized spacial score (nSPS) is 10.3. The summed E-state index contributed by atoms with van der Waals surface area (Å²) >= 11 is 0.